The number of esters is 1. The summed E-state index contributed by atoms with van der Waals surface area (Å²) in [7, 11) is 0. The maximum absolute atomic E-state index is 12.2. The largest absolute Gasteiger partial charge is 0.454 e. The van der Waals surface area contributed by atoms with E-state index >= 15 is 0 Å². The summed E-state index contributed by atoms with van der Waals surface area (Å²) < 4.78 is 5.92. The van der Waals surface area contributed by atoms with Crippen LogP contribution in [0.5, 0.6) is 0 Å². The molecule has 1 aliphatic rings. The van der Waals surface area contributed by atoms with Crippen LogP contribution in [0.25, 0.3) is 0 Å². The molecule has 1 amide bonds. The zero-order chi connectivity index (χ0) is 17.8. The molecular weight excluding hydrogens is 386 g/mol. The molecule has 1 fully saturated rings. The van der Waals surface area contributed by atoms with E-state index in [0.29, 0.717) is 24.1 Å². The molecule has 25 heavy (non-hydrogen) atoms. The van der Waals surface area contributed by atoms with E-state index in [1.54, 1.807) is 53.4 Å². The lowest BCUT2D eigenvalue weighted by Crippen LogP contribution is -2.23. The van der Waals surface area contributed by atoms with E-state index in [2.05, 4.69) is 15.9 Å². The molecule has 128 valence electrons. The van der Waals surface area contributed by atoms with Gasteiger partial charge in [0, 0.05) is 28.7 Å². The molecule has 2 aromatic carbocycles. The highest BCUT2D eigenvalue weighted by atomic mass is 79.9. The molecule has 1 heterocycles. The van der Waals surface area contributed by atoms with Crippen molar-refractivity contribution in [3.8, 4) is 0 Å². The van der Waals surface area contributed by atoms with Crippen LogP contribution in [0.15, 0.2) is 53.0 Å². The molecule has 0 aliphatic carbocycles. The fraction of sp³-hybridized carbons (Fsp3) is 0.211. The van der Waals surface area contributed by atoms with Crippen LogP contribution >= 0.6 is 15.9 Å². The molecule has 0 spiro atoms. The van der Waals surface area contributed by atoms with Crippen molar-refractivity contribution in [2.45, 2.75) is 12.8 Å². The quantitative estimate of drug-likeness (QED) is 0.566. The summed E-state index contributed by atoms with van der Waals surface area (Å²) in [5.74, 6) is -0.729. The molecule has 5 nitrogen and oxygen atoms in total. The first-order chi connectivity index (χ1) is 12.0. The van der Waals surface area contributed by atoms with Crippen molar-refractivity contribution in [1.82, 2.24) is 0 Å². The Hall–Kier alpha value is -2.47. The minimum absolute atomic E-state index is 0.0995. The Morgan fingerprint density at radius 1 is 1.00 bits per heavy atom. The number of halogens is 1. The van der Waals surface area contributed by atoms with Crippen molar-refractivity contribution < 1.29 is 19.1 Å². The summed E-state index contributed by atoms with van der Waals surface area (Å²) in [6.07, 6.45) is 1.41. The van der Waals surface area contributed by atoms with Crippen LogP contribution in [0, 0.1) is 0 Å². The van der Waals surface area contributed by atoms with E-state index in [4.69, 9.17) is 4.74 Å². The van der Waals surface area contributed by atoms with E-state index in [9.17, 15) is 14.4 Å². The predicted octanol–water partition coefficient (Wildman–Crippen LogP) is 3.62. The average molecular weight is 402 g/mol. The monoisotopic (exact) mass is 401 g/mol. The lowest BCUT2D eigenvalue weighted by atomic mass is 10.1. The number of hydrogen-bond donors (Lipinski definition) is 0. The topological polar surface area (TPSA) is 63.7 Å². The minimum atomic E-state index is -0.542. The van der Waals surface area contributed by atoms with Gasteiger partial charge in [-0.3, -0.25) is 9.59 Å². The third kappa shape index (κ3) is 4.14. The number of nitrogens with zero attached hydrogens (tertiary/aromatic N) is 1. The summed E-state index contributed by atoms with van der Waals surface area (Å²) in [6.45, 7) is 0.383. The fourth-order valence-corrected chi connectivity index (χ4v) is 2.90. The maximum Gasteiger partial charge on any atom is 0.338 e. The van der Waals surface area contributed by atoms with Gasteiger partial charge in [-0.1, -0.05) is 15.9 Å². The molecule has 0 radical (unpaired) electrons. The molecule has 0 saturated carbocycles. The van der Waals surface area contributed by atoms with Gasteiger partial charge >= 0.3 is 5.97 Å². The summed E-state index contributed by atoms with van der Waals surface area (Å²) in [5.41, 5.74) is 1.61. The third-order valence-corrected chi connectivity index (χ3v) is 4.52. The Morgan fingerprint density at radius 3 is 2.24 bits per heavy atom. The summed E-state index contributed by atoms with van der Waals surface area (Å²) in [6, 6.07) is 13.5. The number of anilines is 1. The number of carbonyl (C=O) groups is 3. The van der Waals surface area contributed by atoms with Crippen LogP contribution in [0.2, 0.25) is 0 Å². The molecule has 0 atom stereocenters. The fourth-order valence-electron chi connectivity index (χ4n) is 2.63. The number of rotatable bonds is 5. The van der Waals surface area contributed by atoms with Crippen molar-refractivity contribution in [3.05, 3.63) is 64.1 Å². The Balaban J connectivity index is 1.58. The number of ketones is 1. The van der Waals surface area contributed by atoms with Gasteiger partial charge in [-0.15, -0.1) is 0 Å². The Labute approximate surface area is 153 Å². The first-order valence-corrected chi connectivity index (χ1v) is 8.70. The van der Waals surface area contributed by atoms with Gasteiger partial charge in [-0.05, 0) is 55.0 Å². The van der Waals surface area contributed by atoms with E-state index in [-0.39, 0.29) is 18.3 Å². The Kier molecular flexibility index (Phi) is 5.28. The smallest absolute Gasteiger partial charge is 0.338 e. The van der Waals surface area contributed by atoms with Crippen molar-refractivity contribution in [2.75, 3.05) is 18.1 Å². The van der Waals surface area contributed by atoms with Crippen LogP contribution in [-0.4, -0.2) is 30.8 Å². The molecule has 0 aromatic heterocycles. The first-order valence-electron chi connectivity index (χ1n) is 7.91. The maximum atomic E-state index is 12.2. The van der Waals surface area contributed by atoms with Crippen LogP contribution in [-0.2, 0) is 9.53 Å². The van der Waals surface area contributed by atoms with Crippen LogP contribution in [0.1, 0.15) is 33.6 Å². The zero-order valence-electron chi connectivity index (χ0n) is 13.4. The number of Topliss-reactive ketones (excluding diaryl/α,β-unsaturated/α-hetero) is 1. The number of amides is 1. The van der Waals surface area contributed by atoms with Gasteiger partial charge in [0.2, 0.25) is 5.91 Å². The number of hydrogen-bond acceptors (Lipinski definition) is 4. The summed E-state index contributed by atoms with van der Waals surface area (Å²) in [4.78, 5) is 37.5. The van der Waals surface area contributed by atoms with Gasteiger partial charge in [0.05, 0.1) is 5.56 Å². The summed E-state index contributed by atoms with van der Waals surface area (Å²) >= 11 is 3.29. The van der Waals surface area contributed by atoms with Gasteiger partial charge in [0.1, 0.15) is 0 Å². The van der Waals surface area contributed by atoms with E-state index in [0.717, 1.165) is 16.6 Å². The molecular formula is C19H16BrNO4. The first kappa shape index (κ1) is 17.4. The molecule has 0 bridgehead atoms. The highest BCUT2D eigenvalue weighted by molar-refractivity contribution is 9.10. The normalized spacial score (nSPS) is 13.8. The van der Waals surface area contributed by atoms with Crippen LogP contribution in [0.4, 0.5) is 5.69 Å². The van der Waals surface area contributed by atoms with Gasteiger partial charge in [-0.2, -0.15) is 0 Å². The van der Waals surface area contributed by atoms with Crippen LogP contribution < -0.4 is 4.90 Å². The van der Waals surface area contributed by atoms with Gasteiger partial charge in [-0.25, -0.2) is 4.79 Å². The van der Waals surface area contributed by atoms with Crippen molar-refractivity contribution in [2.24, 2.45) is 0 Å². The SMILES string of the molecule is O=C(COC(=O)c1ccc(Br)cc1)c1ccc(N2CCCC2=O)cc1. The number of ether oxygens (including phenoxy) is 1. The second-order valence-electron chi connectivity index (χ2n) is 5.70. The number of benzene rings is 2. The van der Waals surface area contributed by atoms with E-state index in [1.165, 1.54) is 0 Å². The second kappa shape index (κ2) is 7.61. The second-order valence-corrected chi connectivity index (χ2v) is 6.62. The highest BCUT2D eigenvalue weighted by Gasteiger charge is 2.21. The van der Waals surface area contributed by atoms with Crippen molar-refractivity contribution in [1.29, 1.82) is 0 Å². The molecule has 0 unspecified atom stereocenters. The number of carbonyl (C=O) groups excluding carboxylic acids is 3. The van der Waals surface area contributed by atoms with E-state index < -0.39 is 5.97 Å². The van der Waals surface area contributed by atoms with Crippen LogP contribution in [0.3, 0.4) is 0 Å². The van der Waals surface area contributed by atoms with Gasteiger partial charge < -0.3 is 9.64 Å². The van der Waals surface area contributed by atoms with Crippen molar-refractivity contribution in [3.63, 3.8) is 0 Å². The third-order valence-electron chi connectivity index (χ3n) is 3.99. The molecule has 3 rings (SSSR count). The highest BCUT2D eigenvalue weighted by Crippen LogP contribution is 2.21. The molecule has 0 N–H and O–H groups in total. The lowest BCUT2D eigenvalue weighted by molar-refractivity contribution is -0.117. The average Bonchev–Trinajstić information content (AvgIpc) is 3.06. The van der Waals surface area contributed by atoms with Gasteiger partial charge in [0.15, 0.2) is 12.4 Å². The lowest BCUT2D eigenvalue weighted by Gasteiger charge is -2.15. The molecule has 2 aromatic rings. The molecule has 1 saturated heterocycles. The van der Waals surface area contributed by atoms with E-state index in [1.807, 2.05) is 0 Å². The standard InChI is InChI=1S/C19H16BrNO4/c20-15-7-3-14(4-8-15)19(24)25-12-17(22)13-5-9-16(10-6-13)21-11-1-2-18(21)23/h3-10H,1-2,11-12H2. The Bertz CT molecular complexity index is 799. The van der Waals surface area contributed by atoms with Gasteiger partial charge in [0.25, 0.3) is 0 Å². The minimum Gasteiger partial charge on any atom is -0.454 e. The van der Waals surface area contributed by atoms with Crippen molar-refractivity contribution >= 4 is 39.3 Å². The Morgan fingerprint density at radius 2 is 1.64 bits per heavy atom. The molecule has 6 heteroatoms. The summed E-state index contributed by atoms with van der Waals surface area (Å²) in [5, 5.41) is 0. The predicted molar refractivity (Wildman–Crippen MR) is 96.8 cm³/mol. The molecule has 1 aliphatic heterocycles. The zero-order valence-corrected chi connectivity index (χ0v) is 15.0.